The van der Waals surface area contributed by atoms with Crippen molar-refractivity contribution in [2.24, 2.45) is 5.92 Å². The van der Waals surface area contributed by atoms with Gasteiger partial charge in [-0.25, -0.2) is 13.1 Å². The van der Waals surface area contributed by atoms with Gasteiger partial charge in [-0.1, -0.05) is 41.9 Å². The van der Waals surface area contributed by atoms with E-state index in [2.05, 4.69) is 20.7 Å². The Morgan fingerprint density at radius 1 is 1.42 bits per heavy atom. The van der Waals surface area contributed by atoms with Crippen LogP contribution in [0.1, 0.15) is 19.4 Å². The molecule has 19 heavy (non-hydrogen) atoms. The molecule has 0 aliphatic carbocycles. The fourth-order valence-corrected chi connectivity index (χ4v) is 3.46. The molecule has 0 spiro atoms. The molecule has 1 aromatic carbocycles. The largest absolute Gasteiger partial charge is 0.480 e. The van der Waals surface area contributed by atoms with Gasteiger partial charge in [0, 0.05) is 4.47 Å². The molecule has 0 aliphatic heterocycles. The van der Waals surface area contributed by atoms with E-state index in [1.54, 1.807) is 38.1 Å². The standard InChI is InChI=1S/C12H16BrNO4S/c1-8(2)11(12(15)16)14-19(17,18)7-9-4-3-5-10(13)6-9/h3-6,8,11,14H,7H2,1-2H3,(H,15,16)/t11-/m1/s1. The quantitative estimate of drug-likeness (QED) is 0.822. The van der Waals surface area contributed by atoms with Gasteiger partial charge in [0.2, 0.25) is 10.0 Å². The van der Waals surface area contributed by atoms with Crippen molar-refractivity contribution in [2.75, 3.05) is 0 Å². The van der Waals surface area contributed by atoms with Crippen molar-refractivity contribution >= 4 is 31.9 Å². The van der Waals surface area contributed by atoms with Crippen LogP contribution in [0.3, 0.4) is 0 Å². The Bertz CT molecular complexity index is 557. The number of carboxylic acids is 1. The lowest BCUT2D eigenvalue weighted by Gasteiger charge is -2.18. The maximum atomic E-state index is 11.9. The molecule has 0 radical (unpaired) electrons. The molecule has 0 bridgehead atoms. The second-order valence-corrected chi connectivity index (χ2v) is 7.24. The number of hydrogen-bond donors (Lipinski definition) is 2. The van der Waals surface area contributed by atoms with Crippen molar-refractivity contribution in [1.82, 2.24) is 4.72 Å². The van der Waals surface area contributed by atoms with E-state index in [-0.39, 0.29) is 11.7 Å². The first-order chi connectivity index (χ1) is 8.71. The first kappa shape index (κ1) is 16.1. The molecule has 0 fully saturated rings. The number of rotatable bonds is 6. The number of hydrogen-bond acceptors (Lipinski definition) is 3. The number of carbonyl (C=O) groups is 1. The number of halogens is 1. The molecule has 7 heteroatoms. The van der Waals surface area contributed by atoms with Crippen molar-refractivity contribution in [3.05, 3.63) is 34.3 Å². The first-order valence-electron chi connectivity index (χ1n) is 5.68. The zero-order valence-corrected chi connectivity index (χ0v) is 13.0. The lowest BCUT2D eigenvalue weighted by molar-refractivity contribution is -0.140. The summed E-state index contributed by atoms with van der Waals surface area (Å²) in [6.45, 7) is 3.31. The van der Waals surface area contributed by atoms with Crippen LogP contribution in [0.25, 0.3) is 0 Å². The Balaban J connectivity index is 2.84. The van der Waals surface area contributed by atoms with E-state index in [1.807, 2.05) is 0 Å². The van der Waals surface area contributed by atoms with Crippen molar-refractivity contribution in [3.63, 3.8) is 0 Å². The molecule has 1 aromatic rings. The van der Waals surface area contributed by atoms with E-state index < -0.39 is 22.0 Å². The fraction of sp³-hybridized carbons (Fsp3) is 0.417. The van der Waals surface area contributed by atoms with Crippen molar-refractivity contribution in [2.45, 2.75) is 25.6 Å². The van der Waals surface area contributed by atoms with Crippen LogP contribution in [0.5, 0.6) is 0 Å². The SMILES string of the molecule is CC(C)[C@@H](NS(=O)(=O)Cc1cccc(Br)c1)C(=O)O. The van der Waals surface area contributed by atoms with E-state index in [0.717, 1.165) is 4.47 Å². The summed E-state index contributed by atoms with van der Waals surface area (Å²) in [5.41, 5.74) is 0.592. The third kappa shape index (κ3) is 5.30. The molecule has 0 saturated carbocycles. The van der Waals surface area contributed by atoms with Crippen molar-refractivity contribution in [3.8, 4) is 0 Å². The van der Waals surface area contributed by atoms with E-state index in [0.29, 0.717) is 5.56 Å². The summed E-state index contributed by atoms with van der Waals surface area (Å²) in [7, 11) is -3.69. The Morgan fingerprint density at radius 2 is 2.05 bits per heavy atom. The van der Waals surface area contributed by atoms with E-state index >= 15 is 0 Å². The smallest absolute Gasteiger partial charge is 0.321 e. The zero-order chi connectivity index (χ0) is 14.6. The van der Waals surface area contributed by atoms with Gasteiger partial charge in [0.15, 0.2) is 0 Å². The van der Waals surface area contributed by atoms with Crippen LogP contribution in [-0.2, 0) is 20.6 Å². The van der Waals surface area contributed by atoms with Crippen LogP contribution in [0.2, 0.25) is 0 Å². The average Bonchev–Trinajstić information content (AvgIpc) is 2.24. The molecule has 2 N–H and O–H groups in total. The third-order valence-electron chi connectivity index (χ3n) is 2.48. The lowest BCUT2D eigenvalue weighted by Crippen LogP contribution is -2.44. The highest BCUT2D eigenvalue weighted by Gasteiger charge is 2.26. The topological polar surface area (TPSA) is 83.5 Å². The highest BCUT2D eigenvalue weighted by molar-refractivity contribution is 9.10. The first-order valence-corrected chi connectivity index (χ1v) is 8.13. The van der Waals surface area contributed by atoms with E-state index in [4.69, 9.17) is 5.11 Å². The van der Waals surface area contributed by atoms with Crippen LogP contribution in [0.4, 0.5) is 0 Å². The van der Waals surface area contributed by atoms with Crippen molar-refractivity contribution in [1.29, 1.82) is 0 Å². The minimum absolute atomic E-state index is 0.247. The second-order valence-electron chi connectivity index (χ2n) is 4.57. The fourth-order valence-electron chi connectivity index (χ4n) is 1.55. The summed E-state index contributed by atoms with van der Waals surface area (Å²) in [6, 6.07) is 5.76. The number of nitrogens with one attached hydrogen (secondary N) is 1. The maximum absolute atomic E-state index is 11.9. The molecular formula is C12H16BrNO4S. The molecule has 0 saturated heterocycles. The lowest BCUT2D eigenvalue weighted by atomic mass is 10.1. The zero-order valence-electron chi connectivity index (χ0n) is 10.6. The van der Waals surface area contributed by atoms with Gasteiger partial charge in [-0.3, -0.25) is 4.79 Å². The van der Waals surface area contributed by atoms with Gasteiger partial charge >= 0.3 is 5.97 Å². The number of aliphatic carboxylic acids is 1. The maximum Gasteiger partial charge on any atom is 0.321 e. The van der Waals surface area contributed by atoms with Crippen molar-refractivity contribution < 1.29 is 18.3 Å². The van der Waals surface area contributed by atoms with Gasteiger partial charge in [0.25, 0.3) is 0 Å². The number of benzene rings is 1. The monoisotopic (exact) mass is 349 g/mol. The summed E-state index contributed by atoms with van der Waals surface area (Å²) in [6.07, 6.45) is 0. The summed E-state index contributed by atoms with van der Waals surface area (Å²) in [5.74, 6) is -1.74. The predicted molar refractivity (Wildman–Crippen MR) is 76.2 cm³/mol. The second kappa shape index (κ2) is 6.49. The minimum atomic E-state index is -3.69. The number of sulfonamides is 1. The highest BCUT2D eigenvalue weighted by Crippen LogP contribution is 2.14. The van der Waals surface area contributed by atoms with Crippen LogP contribution in [0, 0.1) is 5.92 Å². The molecule has 0 aliphatic rings. The molecule has 5 nitrogen and oxygen atoms in total. The molecule has 106 valence electrons. The van der Waals surface area contributed by atoms with Gasteiger partial charge in [0.05, 0.1) is 5.75 Å². The molecule has 1 rings (SSSR count). The highest BCUT2D eigenvalue weighted by atomic mass is 79.9. The summed E-state index contributed by atoms with van der Waals surface area (Å²) >= 11 is 3.26. The Morgan fingerprint density at radius 3 is 2.53 bits per heavy atom. The summed E-state index contributed by atoms with van der Waals surface area (Å²) in [4.78, 5) is 11.0. The van der Waals surface area contributed by atoms with Gasteiger partial charge < -0.3 is 5.11 Å². The van der Waals surface area contributed by atoms with Gasteiger partial charge in [-0.05, 0) is 23.6 Å². The van der Waals surface area contributed by atoms with Crippen LogP contribution in [-0.4, -0.2) is 25.5 Å². The molecule has 0 unspecified atom stereocenters. The Hall–Kier alpha value is -0.920. The number of carboxylic acid groups (broad SMARTS) is 1. The van der Waals surface area contributed by atoms with Crippen LogP contribution >= 0.6 is 15.9 Å². The average molecular weight is 350 g/mol. The summed E-state index contributed by atoms with van der Waals surface area (Å²) < 4.78 is 26.9. The molecule has 0 aromatic heterocycles. The van der Waals surface area contributed by atoms with Gasteiger partial charge in [-0.15, -0.1) is 0 Å². The molecular weight excluding hydrogens is 334 g/mol. The summed E-state index contributed by atoms with van der Waals surface area (Å²) in [5, 5.41) is 8.98. The van der Waals surface area contributed by atoms with Gasteiger partial charge in [0.1, 0.15) is 6.04 Å². The van der Waals surface area contributed by atoms with Gasteiger partial charge in [-0.2, -0.15) is 0 Å². The molecule has 0 heterocycles. The third-order valence-corrected chi connectivity index (χ3v) is 4.30. The predicted octanol–water partition coefficient (Wildman–Crippen LogP) is 1.98. The Kier molecular flexibility index (Phi) is 5.51. The Labute approximate surface area is 121 Å². The van der Waals surface area contributed by atoms with E-state index in [1.165, 1.54) is 0 Å². The molecule has 1 atom stereocenters. The minimum Gasteiger partial charge on any atom is -0.480 e. The normalized spacial score (nSPS) is 13.5. The van der Waals surface area contributed by atoms with Crippen LogP contribution < -0.4 is 4.72 Å². The molecule has 0 amide bonds. The van der Waals surface area contributed by atoms with Crippen LogP contribution in [0.15, 0.2) is 28.7 Å². The van der Waals surface area contributed by atoms with E-state index in [9.17, 15) is 13.2 Å².